The van der Waals surface area contributed by atoms with E-state index in [1.807, 2.05) is 25.1 Å². The van der Waals surface area contributed by atoms with Gasteiger partial charge in [0.2, 0.25) is 14.3 Å². The summed E-state index contributed by atoms with van der Waals surface area (Å²) in [6.07, 6.45) is 0.638. The minimum Gasteiger partial charge on any atom is -0.497 e. The number of aliphatic hydroxyl groups excluding tert-OH is 1. The number of likely N-dealkylation sites (tertiary alicyclic amines) is 1. The second kappa shape index (κ2) is 13.6. The summed E-state index contributed by atoms with van der Waals surface area (Å²) in [5, 5.41) is 12.7. The lowest BCUT2D eigenvalue weighted by molar-refractivity contribution is -0.150. The average molecular weight is 690 g/mol. The molecule has 12 heteroatoms. The van der Waals surface area contributed by atoms with Gasteiger partial charge in [-0.1, -0.05) is 19.1 Å². The zero-order valence-electron chi connectivity index (χ0n) is 28.6. The number of amides is 3. The zero-order valence-corrected chi connectivity index (χ0v) is 29.6. The van der Waals surface area contributed by atoms with Crippen LogP contribution in [0.1, 0.15) is 47.7 Å². The number of aliphatic hydroxyl groups is 1. The summed E-state index contributed by atoms with van der Waals surface area (Å²) < 4.78 is 33.8. The maximum atomic E-state index is 16.3. The number of anilines is 2. The summed E-state index contributed by atoms with van der Waals surface area (Å²) in [7, 11) is -0.369. The number of carbonyl (C=O) groups is 3. The van der Waals surface area contributed by atoms with Crippen molar-refractivity contribution in [3.05, 3.63) is 83.4 Å². The predicted octanol–water partition coefficient (Wildman–Crippen LogP) is 5.65. The summed E-state index contributed by atoms with van der Waals surface area (Å²) in [6, 6.07) is 19.2. The molecule has 0 unspecified atom stereocenters. The van der Waals surface area contributed by atoms with Crippen LogP contribution in [-0.2, 0) is 26.5 Å². The van der Waals surface area contributed by atoms with Crippen LogP contribution in [0.2, 0.25) is 18.6 Å². The van der Waals surface area contributed by atoms with Crippen LogP contribution in [-0.4, -0.2) is 75.7 Å². The molecule has 0 radical (unpaired) electrons. The Labute approximate surface area is 287 Å². The lowest BCUT2D eigenvalue weighted by atomic mass is 9.82. The van der Waals surface area contributed by atoms with Crippen molar-refractivity contribution in [3.63, 3.8) is 0 Å². The quantitative estimate of drug-likeness (QED) is 0.209. The van der Waals surface area contributed by atoms with E-state index in [1.165, 1.54) is 0 Å². The molecule has 1 spiro atoms. The van der Waals surface area contributed by atoms with Crippen molar-refractivity contribution < 1.29 is 37.8 Å². The van der Waals surface area contributed by atoms with Crippen molar-refractivity contribution in [2.75, 3.05) is 37.6 Å². The molecule has 0 aliphatic carbocycles. The van der Waals surface area contributed by atoms with Crippen LogP contribution in [0.15, 0.2) is 66.7 Å². The van der Waals surface area contributed by atoms with E-state index in [4.69, 9.17) is 14.2 Å². The first-order chi connectivity index (χ1) is 23.4. The zero-order chi connectivity index (χ0) is 35.1. The van der Waals surface area contributed by atoms with Crippen LogP contribution in [0, 0.1) is 5.92 Å². The predicted molar refractivity (Wildman–Crippen MR) is 186 cm³/mol. The monoisotopic (exact) mass is 689 g/mol. The molecule has 3 aromatic carbocycles. The minimum atomic E-state index is -3.48. The van der Waals surface area contributed by atoms with Gasteiger partial charge in [0.05, 0.1) is 51.6 Å². The number of nitrogens with zero attached hydrogens (tertiary/aromatic N) is 2. The summed E-state index contributed by atoms with van der Waals surface area (Å²) in [6.45, 7) is 5.70. The second-order valence-corrected chi connectivity index (χ2v) is 17.5. The van der Waals surface area contributed by atoms with Crippen LogP contribution in [0.25, 0.3) is 0 Å². The molecule has 3 amide bonds. The summed E-state index contributed by atoms with van der Waals surface area (Å²) in [4.78, 5) is 44.4. The van der Waals surface area contributed by atoms with Crippen LogP contribution in [0.3, 0.4) is 0 Å². The Balaban J connectivity index is 1.27. The third-order valence-corrected chi connectivity index (χ3v) is 12.8. The van der Waals surface area contributed by atoms with Gasteiger partial charge in [-0.15, -0.1) is 0 Å². The van der Waals surface area contributed by atoms with Gasteiger partial charge in [-0.05, 0) is 86.1 Å². The van der Waals surface area contributed by atoms with E-state index in [9.17, 15) is 19.5 Å². The van der Waals surface area contributed by atoms with Crippen LogP contribution >= 0.6 is 0 Å². The van der Waals surface area contributed by atoms with E-state index in [-0.39, 0.29) is 43.3 Å². The molecule has 3 heterocycles. The van der Waals surface area contributed by atoms with Gasteiger partial charge in [0.15, 0.2) is 5.60 Å². The van der Waals surface area contributed by atoms with Gasteiger partial charge in [0.25, 0.3) is 11.8 Å². The third kappa shape index (κ3) is 6.33. The highest BCUT2D eigenvalue weighted by atomic mass is 28.4. The largest absolute Gasteiger partial charge is 0.497 e. The normalized spacial score (nSPS) is 24.8. The second-order valence-electron chi connectivity index (χ2n) is 13.7. The van der Waals surface area contributed by atoms with Gasteiger partial charge in [-0.2, -0.15) is 0 Å². The fraction of sp³-hybridized carbons (Fsp3) is 0.432. The van der Waals surface area contributed by atoms with Crippen molar-refractivity contribution in [3.8, 4) is 11.5 Å². The summed E-state index contributed by atoms with van der Waals surface area (Å²) in [5.74, 6) is -0.140. The fourth-order valence-electron chi connectivity index (χ4n) is 7.98. The van der Waals surface area contributed by atoms with Gasteiger partial charge in [0.1, 0.15) is 11.5 Å². The molecule has 6 rings (SSSR count). The molecule has 2 saturated heterocycles. The lowest BCUT2D eigenvalue weighted by Crippen LogP contribution is -2.45. The molecular formula is C37H44FN3O7Si. The molecule has 3 aromatic rings. The highest BCUT2D eigenvalue weighted by Crippen LogP contribution is 2.60. The maximum Gasteiger partial charge on any atom is 0.264 e. The fourth-order valence-corrected chi connectivity index (χ4v) is 10.5. The van der Waals surface area contributed by atoms with Gasteiger partial charge < -0.3 is 38.5 Å². The van der Waals surface area contributed by atoms with E-state index >= 15 is 4.11 Å². The summed E-state index contributed by atoms with van der Waals surface area (Å²) in [5.41, 5.74) is 0.985. The number of rotatable bonds is 10. The van der Waals surface area contributed by atoms with E-state index in [2.05, 4.69) is 5.32 Å². The first kappa shape index (κ1) is 34.6. The molecule has 3 aliphatic heterocycles. The van der Waals surface area contributed by atoms with Crippen LogP contribution in [0.5, 0.6) is 11.5 Å². The number of benzene rings is 3. The van der Waals surface area contributed by atoms with E-state index in [0.717, 1.165) is 18.4 Å². The highest BCUT2D eigenvalue weighted by molar-refractivity contribution is 6.72. The Morgan fingerprint density at radius 1 is 1.04 bits per heavy atom. The number of hydrogen-bond acceptors (Lipinski definition) is 7. The molecular weight excluding hydrogens is 646 g/mol. The topological polar surface area (TPSA) is 118 Å². The Hall–Kier alpha value is -4.26. The standard InChI is InChI=1S/C37H44FN3O7Si/c1-23-34(49(4,5)38)32(20-33(43)40-18-6-7-27(40)22-42)48-37(23)30-19-29(47-3)16-17-31(30)41(36(37)45)21-24-8-12-26(13-9-24)39-35(44)25-10-14-28(46-2)15-11-25/h8-17,19,23,27,32,34,42H,6-7,18,20-22H2,1-5H3,(H,39,44)/t23-,27+,32+,34-,37+/m1/s1. The number of hydrogen-bond donors (Lipinski definition) is 2. The number of nitrogens with one attached hydrogen (secondary N) is 1. The first-order valence-electron chi connectivity index (χ1n) is 16.7. The first-order valence-corrected chi connectivity index (χ1v) is 19.7. The van der Waals surface area contributed by atoms with Gasteiger partial charge in [0, 0.05) is 34.8 Å². The van der Waals surface area contributed by atoms with Crippen molar-refractivity contribution in [2.24, 2.45) is 5.92 Å². The van der Waals surface area contributed by atoms with E-state index in [1.54, 1.807) is 85.6 Å². The van der Waals surface area contributed by atoms with Gasteiger partial charge in [-0.25, -0.2) is 0 Å². The molecule has 49 heavy (non-hydrogen) atoms. The Kier molecular flexibility index (Phi) is 9.58. The highest BCUT2D eigenvalue weighted by Gasteiger charge is 2.67. The molecule has 2 N–H and O–H groups in total. The Morgan fingerprint density at radius 2 is 1.71 bits per heavy atom. The summed E-state index contributed by atoms with van der Waals surface area (Å²) >= 11 is 0. The Morgan fingerprint density at radius 3 is 2.35 bits per heavy atom. The lowest BCUT2D eigenvalue weighted by Gasteiger charge is -2.31. The molecule has 5 atom stereocenters. The Bertz CT molecular complexity index is 1710. The molecule has 260 valence electrons. The van der Waals surface area contributed by atoms with Gasteiger partial charge in [-0.3, -0.25) is 14.4 Å². The van der Waals surface area contributed by atoms with Crippen LogP contribution in [0.4, 0.5) is 15.5 Å². The molecule has 10 nitrogen and oxygen atoms in total. The third-order valence-electron chi connectivity index (χ3n) is 10.4. The number of halogens is 1. The SMILES string of the molecule is COc1ccc(C(=O)Nc2ccc(CN3C(=O)[C@@]4(O[C@@H](CC(=O)N5CCC[C@H]5CO)[C@H]([Si](C)(C)F)[C@H]4C)c4cc(OC)ccc43)cc2)cc1. The number of fused-ring (bicyclic) bond motifs is 2. The molecule has 3 aliphatic rings. The minimum absolute atomic E-state index is 0.0656. The average Bonchev–Trinajstić information content (AvgIpc) is 3.75. The van der Waals surface area contributed by atoms with Crippen molar-refractivity contribution in [1.29, 1.82) is 0 Å². The van der Waals surface area contributed by atoms with Crippen molar-refractivity contribution in [1.82, 2.24) is 4.90 Å². The van der Waals surface area contributed by atoms with Crippen molar-refractivity contribution >= 4 is 37.5 Å². The maximum absolute atomic E-state index is 16.3. The van der Waals surface area contributed by atoms with E-state index in [0.29, 0.717) is 40.5 Å². The number of ether oxygens (including phenoxy) is 3. The van der Waals surface area contributed by atoms with Gasteiger partial charge >= 0.3 is 0 Å². The molecule has 0 saturated carbocycles. The number of carbonyl (C=O) groups excluding carboxylic acids is 3. The number of methoxy groups -OCH3 is 2. The molecule has 0 bridgehead atoms. The van der Waals surface area contributed by atoms with Crippen molar-refractivity contribution in [2.45, 2.75) is 69.1 Å². The molecule has 0 aromatic heterocycles. The molecule has 2 fully saturated rings. The smallest absolute Gasteiger partial charge is 0.264 e. The van der Waals surface area contributed by atoms with Crippen LogP contribution < -0.4 is 19.7 Å². The van der Waals surface area contributed by atoms with E-state index < -0.39 is 31.6 Å².